The molecule has 3 N–H and O–H groups in total. The Labute approximate surface area is 171 Å². The summed E-state index contributed by atoms with van der Waals surface area (Å²) in [7, 11) is 0. The summed E-state index contributed by atoms with van der Waals surface area (Å²) in [5, 5.41) is 5.78. The fourth-order valence-electron chi connectivity index (χ4n) is 6.63. The molecule has 0 spiro atoms. The standard InChI is InChI=1S/C23H30N4O2/c1-14(22-26-18-4-2-3-5-19(18)27-22)25-21(29)13-24-20(28)12-23-9-15-6-16(10-23)8-17(7-15)11-23/h2-5,14-17H,6-13H2,1H3,(H,24,28)(H,25,29)(H,26,27). The zero-order chi connectivity index (χ0) is 20.0. The number of carbonyl (C=O) groups excluding carboxylic acids is 2. The molecule has 4 saturated carbocycles. The van der Waals surface area contributed by atoms with Crippen molar-refractivity contribution in [2.24, 2.45) is 23.2 Å². The summed E-state index contributed by atoms with van der Waals surface area (Å²) in [4.78, 5) is 32.7. The summed E-state index contributed by atoms with van der Waals surface area (Å²) >= 11 is 0. The van der Waals surface area contributed by atoms with Gasteiger partial charge < -0.3 is 15.6 Å². The predicted octanol–water partition coefficient (Wildman–Crippen LogP) is 3.46. The molecule has 1 aromatic carbocycles. The molecule has 2 aromatic rings. The Kier molecular flexibility index (Phi) is 4.60. The number of benzene rings is 1. The summed E-state index contributed by atoms with van der Waals surface area (Å²) in [6.45, 7) is 1.92. The Hall–Kier alpha value is -2.37. The second kappa shape index (κ2) is 7.15. The molecule has 1 aromatic heterocycles. The van der Waals surface area contributed by atoms with Gasteiger partial charge in [0.1, 0.15) is 5.82 Å². The van der Waals surface area contributed by atoms with Crippen LogP contribution in [0.25, 0.3) is 11.0 Å². The number of amides is 2. The van der Waals surface area contributed by atoms with Crippen LogP contribution in [0.3, 0.4) is 0 Å². The van der Waals surface area contributed by atoms with Crippen molar-refractivity contribution in [2.45, 2.75) is 57.9 Å². The van der Waals surface area contributed by atoms with Gasteiger partial charge in [-0.25, -0.2) is 4.98 Å². The van der Waals surface area contributed by atoms with E-state index in [1.165, 1.54) is 38.5 Å². The van der Waals surface area contributed by atoms with Gasteiger partial charge in [0, 0.05) is 6.42 Å². The van der Waals surface area contributed by atoms with Gasteiger partial charge in [-0.3, -0.25) is 9.59 Å². The summed E-state index contributed by atoms with van der Waals surface area (Å²) in [5.41, 5.74) is 2.04. The van der Waals surface area contributed by atoms with Crippen molar-refractivity contribution in [2.75, 3.05) is 6.54 Å². The van der Waals surface area contributed by atoms with E-state index in [9.17, 15) is 9.59 Å². The lowest BCUT2D eigenvalue weighted by Gasteiger charge is -2.56. The van der Waals surface area contributed by atoms with E-state index in [-0.39, 0.29) is 29.8 Å². The zero-order valence-corrected chi connectivity index (χ0v) is 17.0. The van der Waals surface area contributed by atoms with Gasteiger partial charge in [-0.1, -0.05) is 12.1 Å². The van der Waals surface area contributed by atoms with E-state index in [0.717, 1.165) is 34.6 Å². The van der Waals surface area contributed by atoms with E-state index >= 15 is 0 Å². The minimum atomic E-state index is -0.241. The van der Waals surface area contributed by atoms with E-state index in [4.69, 9.17) is 0 Å². The van der Waals surface area contributed by atoms with Gasteiger partial charge >= 0.3 is 0 Å². The molecule has 6 nitrogen and oxygen atoms in total. The number of H-pyrrole nitrogens is 1. The maximum absolute atomic E-state index is 12.6. The van der Waals surface area contributed by atoms with Gasteiger partial charge in [0.05, 0.1) is 23.6 Å². The van der Waals surface area contributed by atoms with E-state index in [1.54, 1.807) is 0 Å². The van der Waals surface area contributed by atoms with Crippen molar-refractivity contribution in [3.8, 4) is 0 Å². The fourth-order valence-corrected chi connectivity index (χ4v) is 6.63. The predicted molar refractivity (Wildman–Crippen MR) is 111 cm³/mol. The number of hydrogen-bond donors (Lipinski definition) is 3. The number of rotatable bonds is 6. The molecule has 1 heterocycles. The number of aromatic nitrogens is 2. The quantitative estimate of drug-likeness (QED) is 0.701. The Balaban J connectivity index is 1.12. The van der Waals surface area contributed by atoms with E-state index < -0.39 is 0 Å². The first-order chi connectivity index (χ1) is 14.0. The van der Waals surface area contributed by atoms with Crippen LogP contribution in [-0.4, -0.2) is 28.3 Å². The van der Waals surface area contributed by atoms with Crippen molar-refractivity contribution < 1.29 is 9.59 Å². The van der Waals surface area contributed by atoms with Crippen molar-refractivity contribution in [3.63, 3.8) is 0 Å². The highest BCUT2D eigenvalue weighted by Gasteiger charge is 2.51. The monoisotopic (exact) mass is 394 g/mol. The van der Waals surface area contributed by atoms with E-state index in [1.807, 2.05) is 31.2 Å². The third-order valence-electron chi connectivity index (χ3n) is 7.34. The van der Waals surface area contributed by atoms with Crippen molar-refractivity contribution in [1.82, 2.24) is 20.6 Å². The van der Waals surface area contributed by atoms with Gasteiger partial charge in [-0.05, 0) is 80.8 Å². The van der Waals surface area contributed by atoms with Crippen molar-refractivity contribution in [3.05, 3.63) is 30.1 Å². The SMILES string of the molecule is CC(NC(=O)CNC(=O)CC12CC3CC(CC(C3)C1)C2)c1nc2ccccc2[nH]1. The minimum absolute atomic E-state index is 0.0236. The molecule has 4 bridgehead atoms. The van der Waals surface area contributed by atoms with Crippen LogP contribution in [-0.2, 0) is 9.59 Å². The Bertz CT molecular complexity index is 866. The van der Waals surface area contributed by atoms with Crippen LogP contribution in [0.15, 0.2) is 24.3 Å². The number of fused-ring (bicyclic) bond motifs is 1. The molecule has 4 aliphatic rings. The number of hydrogen-bond acceptors (Lipinski definition) is 3. The summed E-state index contributed by atoms with van der Waals surface area (Å²) < 4.78 is 0. The number of nitrogens with one attached hydrogen (secondary N) is 3. The van der Waals surface area contributed by atoms with Gasteiger partial charge in [-0.15, -0.1) is 0 Å². The van der Waals surface area contributed by atoms with Gasteiger partial charge in [0.15, 0.2) is 0 Å². The molecular weight excluding hydrogens is 364 g/mol. The Morgan fingerprint density at radius 3 is 2.41 bits per heavy atom. The molecule has 0 aliphatic heterocycles. The van der Waals surface area contributed by atoms with Gasteiger partial charge in [0.25, 0.3) is 0 Å². The first-order valence-corrected chi connectivity index (χ1v) is 11.0. The van der Waals surface area contributed by atoms with Crippen molar-refractivity contribution >= 4 is 22.8 Å². The molecule has 29 heavy (non-hydrogen) atoms. The molecular formula is C23H30N4O2. The second-order valence-electron chi connectivity index (χ2n) is 9.80. The lowest BCUT2D eigenvalue weighted by molar-refractivity contribution is -0.132. The normalized spacial score (nSPS) is 31.0. The van der Waals surface area contributed by atoms with Crippen LogP contribution in [0.5, 0.6) is 0 Å². The van der Waals surface area contributed by atoms with Crippen LogP contribution in [0.2, 0.25) is 0 Å². The lowest BCUT2D eigenvalue weighted by atomic mass is 9.49. The first kappa shape index (κ1) is 18.6. The Morgan fingerprint density at radius 1 is 1.10 bits per heavy atom. The van der Waals surface area contributed by atoms with Crippen molar-refractivity contribution in [1.29, 1.82) is 0 Å². The van der Waals surface area contributed by atoms with Crippen LogP contribution in [0, 0.1) is 23.2 Å². The number of imidazole rings is 1. The van der Waals surface area contributed by atoms with Gasteiger partial charge in [0.2, 0.25) is 11.8 Å². The molecule has 2 amide bonds. The van der Waals surface area contributed by atoms with E-state index in [2.05, 4.69) is 20.6 Å². The highest BCUT2D eigenvalue weighted by molar-refractivity contribution is 5.85. The smallest absolute Gasteiger partial charge is 0.239 e. The summed E-state index contributed by atoms with van der Waals surface area (Å²) in [6, 6.07) is 7.55. The van der Waals surface area contributed by atoms with Crippen LogP contribution >= 0.6 is 0 Å². The maximum atomic E-state index is 12.6. The first-order valence-electron chi connectivity index (χ1n) is 11.0. The zero-order valence-electron chi connectivity index (χ0n) is 17.0. The number of aromatic amines is 1. The largest absolute Gasteiger partial charge is 0.347 e. The molecule has 154 valence electrons. The molecule has 6 heteroatoms. The topological polar surface area (TPSA) is 86.9 Å². The highest BCUT2D eigenvalue weighted by atomic mass is 16.2. The molecule has 4 aliphatic carbocycles. The third kappa shape index (κ3) is 3.77. The van der Waals surface area contributed by atoms with Crippen LogP contribution < -0.4 is 10.6 Å². The molecule has 4 fully saturated rings. The Morgan fingerprint density at radius 2 is 1.76 bits per heavy atom. The molecule has 0 saturated heterocycles. The number of carbonyl (C=O) groups is 2. The van der Waals surface area contributed by atoms with Crippen LogP contribution in [0.4, 0.5) is 0 Å². The van der Waals surface area contributed by atoms with Crippen LogP contribution in [0.1, 0.15) is 63.7 Å². The third-order valence-corrected chi connectivity index (χ3v) is 7.34. The minimum Gasteiger partial charge on any atom is -0.347 e. The van der Waals surface area contributed by atoms with E-state index in [0.29, 0.717) is 6.42 Å². The average Bonchev–Trinajstić information content (AvgIpc) is 3.09. The average molecular weight is 395 g/mol. The second-order valence-corrected chi connectivity index (χ2v) is 9.80. The molecule has 1 atom stereocenters. The number of para-hydroxylation sites is 2. The van der Waals surface area contributed by atoms with Gasteiger partial charge in [-0.2, -0.15) is 0 Å². The maximum Gasteiger partial charge on any atom is 0.239 e. The summed E-state index contributed by atoms with van der Waals surface area (Å²) in [5.74, 6) is 3.07. The molecule has 1 unspecified atom stereocenters. The summed E-state index contributed by atoms with van der Waals surface area (Å²) in [6.07, 6.45) is 8.35. The highest BCUT2D eigenvalue weighted by Crippen LogP contribution is 2.61. The molecule has 0 radical (unpaired) electrons. The number of nitrogens with zero attached hydrogens (tertiary/aromatic N) is 1. The molecule has 6 rings (SSSR count). The fraction of sp³-hybridized carbons (Fsp3) is 0.609. The lowest BCUT2D eigenvalue weighted by Crippen LogP contribution is -2.48.